The average molecular weight is 273 g/mol. The van der Waals surface area contributed by atoms with Gasteiger partial charge in [0.25, 0.3) is 5.91 Å². The highest BCUT2D eigenvalue weighted by molar-refractivity contribution is 5.92. The first-order valence-corrected chi connectivity index (χ1v) is 6.00. The number of carbonyl (C=O) groups is 2. The molecule has 1 N–H and O–H groups in total. The number of hydrogen-bond acceptors (Lipinski definition) is 5. The SMILES string of the molecule is O=C(O)c1cn(C2CN(C(=O)c3ccccn3)C2)nn1. The summed E-state index contributed by atoms with van der Waals surface area (Å²) in [7, 11) is 0. The maximum absolute atomic E-state index is 12.0. The van der Waals surface area contributed by atoms with E-state index in [-0.39, 0.29) is 17.6 Å². The molecule has 0 aromatic carbocycles. The maximum atomic E-state index is 12.0. The molecular formula is C12H11N5O3. The molecule has 1 saturated heterocycles. The van der Waals surface area contributed by atoms with Crippen LogP contribution in [0.3, 0.4) is 0 Å². The fourth-order valence-corrected chi connectivity index (χ4v) is 1.99. The van der Waals surface area contributed by atoms with Gasteiger partial charge in [-0.05, 0) is 12.1 Å². The van der Waals surface area contributed by atoms with E-state index in [0.29, 0.717) is 18.8 Å². The summed E-state index contributed by atoms with van der Waals surface area (Å²) in [5.41, 5.74) is 0.301. The van der Waals surface area contributed by atoms with Gasteiger partial charge < -0.3 is 10.0 Å². The minimum atomic E-state index is -1.11. The van der Waals surface area contributed by atoms with Gasteiger partial charge in [-0.3, -0.25) is 9.78 Å². The van der Waals surface area contributed by atoms with E-state index in [2.05, 4.69) is 15.3 Å². The van der Waals surface area contributed by atoms with Gasteiger partial charge in [-0.1, -0.05) is 11.3 Å². The lowest BCUT2D eigenvalue weighted by molar-refractivity contribution is 0.0491. The molecule has 20 heavy (non-hydrogen) atoms. The van der Waals surface area contributed by atoms with Crippen LogP contribution in [-0.4, -0.2) is 55.0 Å². The standard InChI is InChI=1S/C12H11N5O3/c18-11(9-3-1-2-4-13-9)16-5-8(6-16)17-7-10(12(19)20)14-15-17/h1-4,7-8H,5-6H2,(H,19,20). The van der Waals surface area contributed by atoms with E-state index in [1.807, 2.05) is 0 Å². The molecule has 0 saturated carbocycles. The second-order valence-electron chi connectivity index (χ2n) is 4.47. The summed E-state index contributed by atoms with van der Waals surface area (Å²) in [5.74, 6) is -1.25. The summed E-state index contributed by atoms with van der Waals surface area (Å²) < 4.78 is 1.48. The number of rotatable bonds is 3. The molecule has 0 unspecified atom stereocenters. The van der Waals surface area contributed by atoms with Crippen molar-refractivity contribution in [3.63, 3.8) is 0 Å². The van der Waals surface area contributed by atoms with Crippen LogP contribution in [0.2, 0.25) is 0 Å². The third kappa shape index (κ3) is 2.11. The number of aromatic nitrogens is 4. The van der Waals surface area contributed by atoms with Gasteiger partial charge in [-0.25, -0.2) is 9.48 Å². The predicted molar refractivity (Wildman–Crippen MR) is 66.2 cm³/mol. The Labute approximate surface area is 113 Å². The molecule has 1 aliphatic heterocycles. The van der Waals surface area contributed by atoms with Crippen molar-refractivity contribution in [2.45, 2.75) is 6.04 Å². The van der Waals surface area contributed by atoms with E-state index < -0.39 is 5.97 Å². The van der Waals surface area contributed by atoms with E-state index in [1.165, 1.54) is 10.9 Å². The number of pyridine rings is 1. The second kappa shape index (κ2) is 4.72. The number of carboxylic acid groups (broad SMARTS) is 1. The van der Waals surface area contributed by atoms with Crippen LogP contribution in [0, 0.1) is 0 Å². The molecule has 0 aliphatic carbocycles. The van der Waals surface area contributed by atoms with Gasteiger partial charge in [0.05, 0.1) is 12.2 Å². The first-order valence-electron chi connectivity index (χ1n) is 6.00. The monoisotopic (exact) mass is 273 g/mol. The van der Waals surface area contributed by atoms with Gasteiger partial charge in [0, 0.05) is 19.3 Å². The molecule has 0 bridgehead atoms. The summed E-state index contributed by atoms with van der Waals surface area (Å²) in [6.45, 7) is 0.940. The van der Waals surface area contributed by atoms with Crippen LogP contribution in [0.1, 0.15) is 27.0 Å². The molecule has 1 amide bonds. The van der Waals surface area contributed by atoms with Gasteiger partial charge >= 0.3 is 5.97 Å². The van der Waals surface area contributed by atoms with Gasteiger partial charge in [0.1, 0.15) is 5.69 Å². The number of aromatic carboxylic acids is 1. The Morgan fingerprint density at radius 1 is 1.25 bits per heavy atom. The third-order valence-electron chi connectivity index (χ3n) is 3.14. The lowest BCUT2D eigenvalue weighted by atomic mass is 10.1. The summed E-state index contributed by atoms with van der Waals surface area (Å²) >= 11 is 0. The Balaban J connectivity index is 1.63. The fraction of sp³-hybridized carbons (Fsp3) is 0.250. The van der Waals surface area contributed by atoms with E-state index in [4.69, 9.17) is 5.11 Å². The van der Waals surface area contributed by atoms with Crippen molar-refractivity contribution in [2.75, 3.05) is 13.1 Å². The Morgan fingerprint density at radius 3 is 2.65 bits per heavy atom. The zero-order chi connectivity index (χ0) is 14.1. The summed E-state index contributed by atoms with van der Waals surface area (Å²) in [5, 5.41) is 16.1. The quantitative estimate of drug-likeness (QED) is 0.849. The number of hydrogen-bond donors (Lipinski definition) is 1. The van der Waals surface area contributed by atoms with Gasteiger partial charge in [-0.2, -0.15) is 0 Å². The molecule has 1 aliphatic rings. The van der Waals surface area contributed by atoms with Crippen LogP contribution in [0.4, 0.5) is 0 Å². The predicted octanol–water partition coefficient (Wildman–Crippen LogP) is 0.0684. The van der Waals surface area contributed by atoms with E-state index in [1.54, 1.807) is 29.3 Å². The van der Waals surface area contributed by atoms with Crippen molar-refractivity contribution in [3.05, 3.63) is 42.0 Å². The Morgan fingerprint density at radius 2 is 2.05 bits per heavy atom. The second-order valence-corrected chi connectivity index (χ2v) is 4.47. The zero-order valence-corrected chi connectivity index (χ0v) is 10.4. The average Bonchev–Trinajstić information content (AvgIpc) is 2.87. The molecule has 3 rings (SSSR count). The molecule has 8 heteroatoms. The first-order chi connectivity index (χ1) is 9.65. The van der Waals surface area contributed by atoms with Gasteiger partial charge in [-0.15, -0.1) is 5.10 Å². The molecular weight excluding hydrogens is 262 g/mol. The van der Waals surface area contributed by atoms with Crippen molar-refractivity contribution in [1.29, 1.82) is 0 Å². The van der Waals surface area contributed by atoms with Crippen molar-refractivity contribution in [3.8, 4) is 0 Å². The molecule has 8 nitrogen and oxygen atoms in total. The lowest BCUT2D eigenvalue weighted by Crippen LogP contribution is -2.51. The van der Waals surface area contributed by atoms with Gasteiger partial charge in [0.2, 0.25) is 0 Å². The zero-order valence-electron chi connectivity index (χ0n) is 10.4. The van der Waals surface area contributed by atoms with Crippen molar-refractivity contribution < 1.29 is 14.7 Å². The highest BCUT2D eigenvalue weighted by Gasteiger charge is 2.34. The number of amides is 1. The number of carboxylic acids is 1. The Kier molecular flexibility index (Phi) is 2.90. The van der Waals surface area contributed by atoms with Crippen molar-refractivity contribution in [1.82, 2.24) is 24.9 Å². The van der Waals surface area contributed by atoms with E-state index in [9.17, 15) is 9.59 Å². The molecule has 3 heterocycles. The molecule has 0 spiro atoms. The maximum Gasteiger partial charge on any atom is 0.358 e. The number of nitrogens with zero attached hydrogens (tertiary/aromatic N) is 5. The minimum absolute atomic E-state index is 0.0386. The van der Waals surface area contributed by atoms with E-state index in [0.717, 1.165) is 0 Å². The molecule has 0 radical (unpaired) electrons. The molecule has 2 aromatic rings. The first kappa shape index (κ1) is 12.3. The van der Waals surface area contributed by atoms with Crippen molar-refractivity contribution in [2.24, 2.45) is 0 Å². The van der Waals surface area contributed by atoms with Crippen LogP contribution in [0.25, 0.3) is 0 Å². The number of carbonyl (C=O) groups excluding carboxylic acids is 1. The summed E-state index contributed by atoms with van der Waals surface area (Å²) in [4.78, 5) is 28.4. The van der Waals surface area contributed by atoms with Crippen LogP contribution < -0.4 is 0 Å². The molecule has 0 atom stereocenters. The smallest absolute Gasteiger partial charge is 0.358 e. The van der Waals surface area contributed by atoms with Crippen LogP contribution in [-0.2, 0) is 0 Å². The number of likely N-dealkylation sites (tertiary alicyclic amines) is 1. The van der Waals surface area contributed by atoms with E-state index >= 15 is 0 Å². The normalized spacial score (nSPS) is 14.9. The fourth-order valence-electron chi connectivity index (χ4n) is 1.99. The van der Waals surface area contributed by atoms with Crippen LogP contribution in [0.5, 0.6) is 0 Å². The molecule has 102 valence electrons. The molecule has 1 fully saturated rings. The summed E-state index contributed by atoms with van der Waals surface area (Å²) in [6, 6.07) is 5.13. The van der Waals surface area contributed by atoms with Gasteiger partial charge in [0.15, 0.2) is 5.69 Å². The topological polar surface area (TPSA) is 101 Å². The summed E-state index contributed by atoms with van der Waals surface area (Å²) in [6.07, 6.45) is 2.94. The molecule has 2 aromatic heterocycles. The van der Waals surface area contributed by atoms with Crippen LogP contribution >= 0.6 is 0 Å². The lowest BCUT2D eigenvalue weighted by Gasteiger charge is -2.38. The Bertz CT molecular complexity index is 648. The van der Waals surface area contributed by atoms with Crippen LogP contribution in [0.15, 0.2) is 30.6 Å². The minimum Gasteiger partial charge on any atom is -0.476 e. The third-order valence-corrected chi connectivity index (χ3v) is 3.14. The largest absolute Gasteiger partial charge is 0.476 e. The highest BCUT2D eigenvalue weighted by atomic mass is 16.4. The van der Waals surface area contributed by atoms with Crippen molar-refractivity contribution >= 4 is 11.9 Å². The Hall–Kier alpha value is -2.77. The highest BCUT2D eigenvalue weighted by Crippen LogP contribution is 2.21.